The number of rotatable bonds is 6. The van der Waals surface area contributed by atoms with Crippen molar-refractivity contribution in [3.05, 3.63) is 77.3 Å². The Kier molecular flexibility index (Phi) is 5.90. The summed E-state index contributed by atoms with van der Waals surface area (Å²) in [6.07, 6.45) is -1.85. The van der Waals surface area contributed by atoms with Gasteiger partial charge >= 0.3 is 6.18 Å². The number of ether oxygens (including phenoxy) is 1. The molecule has 0 fully saturated rings. The number of benzene rings is 2. The first-order valence-corrected chi connectivity index (χ1v) is 8.44. The summed E-state index contributed by atoms with van der Waals surface area (Å²) in [7, 11) is 0. The summed E-state index contributed by atoms with van der Waals surface area (Å²) in [6, 6.07) is 11.4. The number of alkyl halides is 3. The van der Waals surface area contributed by atoms with E-state index in [1.807, 2.05) is 0 Å². The Morgan fingerprint density at radius 3 is 2.31 bits per heavy atom. The van der Waals surface area contributed by atoms with Gasteiger partial charge in [-0.05, 0) is 55.0 Å². The van der Waals surface area contributed by atoms with E-state index in [1.54, 1.807) is 31.2 Å². The molecule has 0 aliphatic heterocycles. The van der Waals surface area contributed by atoms with E-state index >= 15 is 0 Å². The largest absolute Gasteiger partial charge is 0.486 e. The highest BCUT2D eigenvalue weighted by Crippen LogP contribution is 2.31. The first-order chi connectivity index (χ1) is 13.7. The molecule has 0 spiro atoms. The molecule has 3 aromatic rings. The molecule has 9 heteroatoms. The molecule has 0 aliphatic rings. The van der Waals surface area contributed by atoms with E-state index in [1.165, 1.54) is 18.2 Å². The third-order valence-electron chi connectivity index (χ3n) is 4.00. The highest BCUT2D eigenvalue weighted by atomic mass is 19.4. The van der Waals surface area contributed by atoms with Crippen LogP contribution < -0.4 is 4.74 Å². The van der Waals surface area contributed by atoms with Crippen molar-refractivity contribution in [1.82, 2.24) is 10.2 Å². The van der Waals surface area contributed by atoms with Crippen LogP contribution in [0.1, 0.15) is 22.6 Å². The number of aromatic nitrogens is 1. The van der Waals surface area contributed by atoms with Gasteiger partial charge in [-0.2, -0.15) is 13.2 Å². The van der Waals surface area contributed by atoms with Crippen LogP contribution in [0, 0.1) is 6.92 Å². The van der Waals surface area contributed by atoms with E-state index in [4.69, 9.17) is 19.6 Å². The molecule has 0 saturated carbocycles. The summed E-state index contributed by atoms with van der Waals surface area (Å²) < 4.78 is 49.3. The molecular formula is C20H17F3N2O4. The zero-order chi connectivity index (χ0) is 21.0. The van der Waals surface area contributed by atoms with Crippen molar-refractivity contribution in [1.29, 1.82) is 0 Å². The summed E-state index contributed by atoms with van der Waals surface area (Å²) in [5.41, 5.74) is 0.999. The van der Waals surface area contributed by atoms with E-state index in [2.05, 4.69) is 4.98 Å². The lowest BCUT2D eigenvalue weighted by Gasteiger charge is -2.06. The summed E-state index contributed by atoms with van der Waals surface area (Å²) >= 11 is 0. The molecule has 0 amide bonds. The van der Waals surface area contributed by atoms with Crippen LogP contribution in [0.25, 0.3) is 17.5 Å². The molecule has 0 atom stereocenters. The Morgan fingerprint density at radius 1 is 1.07 bits per heavy atom. The number of hydrogen-bond donors (Lipinski definition) is 2. The molecule has 0 saturated heterocycles. The van der Waals surface area contributed by atoms with Crippen LogP contribution in [0.15, 0.2) is 59.1 Å². The number of halogens is 3. The predicted molar refractivity (Wildman–Crippen MR) is 96.9 cm³/mol. The molecule has 3 rings (SSSR count). The number of hydrogen-bond acceptors (Lipinski definition) is 6. The summed E-state index contributed by atoms with van der Waals surface area (Å²) in [6.45, 7) is 1.81. The van der Waals surface area contributed by atoms with Gasteiger partial charge in [-0.1, -0.05) is 12.1 Å². The van der Waals surface area contributed by atoms with Crippen molar-refractivity contribution in [3.8, 4) is 17.2 Å². The minimum Gasteiger partial charge on any atom is -0.486 e. The lowest BCUT2D eigenvalue weighted by atomic mass is 10.1. The van der Waals surface area contributed by atoms with Crippen LogP contribution in [0.2, 0.25) is 0 Å². The van der Waals surface area contributed by atoms with E-state index in [-0.39, 0.29) is 17.7 Å². The minimum absolute atomic E-state index is 0.0503. The highest BCUT2D eigenvalue weighted by molar-refractivity contribution is 5.54. The zero-order valence-electron chi connectivity index (χ0n) is 15.2. The molecule has 29 heavy (non-hydrogen) atoms. The predicted octanol–water partition coefficient (Wildman–Crippen LogP) is 5.30. The summed E-state index contributed by atoms with van der Waals surface area (Å²) in [5.74, 6) is 1.23. The average molecular weight is 406 g/mol. The fourth-order valence-corrected chi connectivity index (χ4v) is 2.46. The maximum Gasteiger partial charge on any atom is 0.416 e. The van der Waals surface area contributed by atoms with E-state index in [0.717, 1.165) is 23.9 Å². The Balaban J connectivity index is 1.66. The van der Waals surface area contributed by atoms with Crippen LogP contribution >= 0.6 is 0 Å². The molecule has 0 radical (unpaired) electrons. The molecule has 2 aromatic carbocycles. The van der Waals surface area contributed by atoms with Crippen molar-refractivity contribution in [2.45, 2.75) is 19.7 Å². The van der Waals surface area contributed by atoms with Crippen LogP contribution in [0.5, 0.6) is 5.75 Å². The maximum absolute atomic E-state index is 12.7. The van der Waals surface area contributed by atoms with Crippen LogP contribution in [-0.4, -0.2) is 20.6 Å². The van der Waals surface area contributed by atoms with Crippen LogP contribution in [-0.2, 0) is 12.8 Å². The molecule has 0 bridgehead atoms. The van der Waals surface area contributed by atoms with Crippen molar-refractivity contribution < 1.29 is 32.7 Å². The fraction of sp³-hybridized carbons (Fsp3) is 0.150. The van der Waals surface area contributed by atoms with Crippen LogP contribution in [0.3, 0.4) is 0 Å². The first-order valence-electron chi connectivity index (χ1n) is 8.44. The number of nitrogens with zero attached hydrogens (tertiary/aromatic N) is 2. The SMILES string of the molecule is Cc1nc(-c2ccc(C(F)(F)F)cc2)oc1COc1ccc(/C=C/N(O)O)cc1. The smallest absolute Gasteiger partial charge is 0.416 e. The second-order valence-electron chi connectivity index (χ2n) is 6.10. The van der Waals surface area contributed by atoms with E-state index < -0.39 is 11.7 Å². The van der Waals surface area contributed by atoms with Crippen molar-refractivity contribution in [3.63, 3.8) is 0 Å². The minimum atomic E-state index is -4.40. The monoisotopic (exact) mass is 406 g/mol. The highest BCUT2D eigenvalue weighted by Gasteiger charge is 2.30. The third-order valence-corrected chi connectivity index (χ3v) is 4.00. The third kappa shape index (κ3) is 5.37. The van der Waals surface area contributed by atoms with Crippen molar-refractivity contribution >= 4 is 6.08 Å². The van der Waals surface area contributed by atoms with Gasteiger partial charge in [0.2, 0.25) is 5.89 Å². The van der Waals surface area contributed by atoms with Gasteiger partial charge in [0.1, 0.15) is 12.4 Å². The zero-order valence-corrected chi connectivity index (χ0v) is 15.2. The fourth-order valence-electron chi connectivity index (χ4n) is 2.46. The lowest BCUT2D eigenvalue weighted by molar-refractivity contribution is -0.266. The average Bonchev–Trinajstić information content (AvgIpc) is 3.05. The van der Waals surface area contributed by atoms with Gasteiger partial charge in [-0.3, -0.25) is 10.4 Å². The van der Waals surface area contributed by atoms with Gasteiger partial charge in [-0.15, -0.1) is 5.23 Å². The number of oxazole rings is 1. The molecule has 6 nitrogen and oxygen atoms in total. The molecule has 0 unspecified atom stereocenters. The van der Waals surface area contributed by atoms with E-state index in [0.29, 0.717) is 22.8 Å². The molecule has 1 heterocycles. The standard InChI is InChI=1S/C20H17F3N2O4/c1-13-18(12-28-17-8-2-14(3-9-17)10-11-25(26)27)29-19(24-13)15-4-6-16(7-5-15)20(21,22)23/h2-11,26-27H,12H2,1H3/b11-10+. The quantitative estimate of drug-likeness (QED) is 0.541. The Labute approximate surface area is 164 Å². The maximum atomic E-state index is 12.7. The topological polar surface area (TPSA) is 79.0 Å². The lowest BCUT2D eigenvalue weighted by Crippen LogP contribution is -2.03. The van der Waals surface area contributed by atoms with Gasteiger partial charge < -0.3 is 9.15 Å². The van der Waals surface area contributed by atoms with Crippen molar-refractivity contribution in [2.24, 2.45) is 0 Å². The number of hydroxylamine groups is 2. The van der Waals surface area contributed by atoms with Gasteiger partial charge in [-0.25, -0.2) is 4.98 Å². The van der Waals surface area contributed by atoms with E-state index in [9.17, 15) is 13.2 Å². The Morgan fingerprint density at radius 2 is 1.72 bits per heavy atom. The summed E-state index contributed by atoms with van der Waals surface area (Å²) in [5, 5.41) is 17.2. The van der Waals surface area contributed by atoms with Gasteiger partial charge in [0, 0.05) is 5.56 Å². The van der Waals surface area contributed by atoms with Gasteiger partial charge in [0.25, 0.3) is 0 Å². The Bertz CT molecular complexity index is 978. The first kappa shape index (κ1) is 20.4. The van der Waals surface area contributed by atoms with Gasteiger partial charge in [0.05, 0.1) is 17.5 Å². The molecule has 0 aliphatic carbocycles. The second kappa shape index (κ2) is 8.38. The summed E-state index contributed by atoms with van der Waals surface area (Å²) in [4.78, 5) is 4.25. The molecular weight excluding hydrogens is 389 g/mol. The number of aryl methyl sites for hydroxylation is 1. The van der Waals surface area contributed by atoms with Gasteiger partial charge in [0.15, 0.2) is 5.76 Å². The van der Waals surface area contributed by atoms with Crippen molar-refractivity contribution in [2.75, 3.05) is 0 Å². The molecule has 1 aromatic heterocycles. The van der Waals surface area contributed by atoms with Crippen LogP contribution in [0.4, 0.5) is 13.2 Å². The second-order valence-corrected chi connectivity index (χ2v) is 6.10. The normalized spacial score (nSPS) is 11.8. The molecule has 2 N–H and O–H groups in total. The molecule has 152 valence electrons. The Hall–Kier alpha value is -3.30.